The maximum Gasteiger partial charge on any atom is 0.482 e. The predicted molar refractivity (Wildman–Crippen MR) is 223 cm³/mol. The molecule has 0 aromatic carbocycles. The van der Waals surface area contributed by atoms with E-state index >= 15 is 0 Å². The van der Waals surface area contributed by atoms with Crippen molar-refractivity contribution < 1.29 is 34.5 Å². The highest BCUT2D eigenvalue weighted by molar-refractivity contribution is 6.89. The van der Waals surface area contributed by atoms with E-state index in [1.54, 1.807) is 14.0 Å². The second-order valence-corrected chi connectivity index (χ2v) is 45.2. The summed E-state index contributed by atoms with van der Waals surface area (Å²) in [6, 6.07) is 4.06. The summed E-state index contributed by atoms with van der Waals surface area (Å²) < 4.78 is 44.8. The number of carbonyl (C=O) groups is 1. The molecule has 0 spiro atoms. The van der Waals surface area contributed by atoms with Gasteiger partial charge in [-0.15, -0.1) is 0 Å². The van der Waals surface area contributed by atoms with Crippen LogP contribution < -0.4 is 0 Å². The molecule has 0 aliphatic heterocycles. The molecule has 0 aliphatic rings. The first-order chi connectivity index (χ1) is 21.6. The third kappa shape index (κ3) is 26.3. The van der Waals surface area contributed by atoms with Gasteiger partial charge in [-0.25, -0.2) is 4.79 Å². The molecule has 288 valence electrons. The molecule has 0 aromatic rings. The van der Waals surface area contributed by atoms with E-state index < -0.39 is 59.2 Å². The number of esters is 1. The smallest absolute Gasteiger partial charge is 0.462 e. The predicted octanol–water partition coefficient (Wildman–Crippen LogP) is 11.4. The average Bonchev–Trinajstić information content (AvgIpc) is 2.89. The van der Waals surface area contributed by atoms with Crippen molar-refractivity contribution in [3.05, 3.63) is 12.2 Å². The Morgan fingerprint density at radius 3 is 1.19 bits per heavy atom. The van der Waals surface area contributed by atoms with E-state index in [1.165, 1.54) is 18.9 Å². The molecule has 15 heteroatoms. The topological polar surface area (TPSA) is 81.7 Å². The van der Waals surface area contributed by atoms with Crippen LogP contribution in [-0.2, 0) is 34.5 Å². The second-order valence-electron chi connectivity index (χ2n) is 16.9. The summed E-state index contributed by atoms with van der Waals surface area (Å²) in [6.45, 7) is 41.2. The van der Waals surface area contributed by atoms with E-state index in [-0.39, 0.29) is 12.6 Å². The van der Waals surface area contributed by atoms with Crippen molar-refractivity contribution in [1.82, 2.24) is 0 Å². The minimum Gasteiger partial charge on any atom is -0.462 e. The first-order valence-electron chi connectivity index (χ1n) is 18.5. The maximum absolute atomic E-state index is 11.9. The van der Waals surface area contributed by atoms with E-state index in [0.717, 1.165) is 37.8 Å². The lowest BCUT2D eigenvalue weighted by Crippen LogP contribution is -2.62. The lowest BCUT2D eigenvalue weighted by Gasteiger charge is -2.43. The SMILES string of the molecule is C=C(C)C(=O)OCCC[Si](OC)(O[Si](C)(C)O[Si](C)(C)CCCC)O[Si](C)(C)O[Si](C)(C)CCCC.CCCC[Si](C)(C)O[Si](C)(C)C. The third-order valence-corrected chi connectivity index (χ3v) is 33.0. The number of rotatable bonds is 25. The molecule has 0 aliphatic carbocycles. The maximum atomic E-state index is 11.9. The van der Waals surface area contributed by atoms with Gasteiger partial charge < -0.3 is 29.7 Å². The Labute approximate surface area is 306 Å². The standard InChI is InChI=1S/C24H56O7Si5.C9H24OSi2/c1-14-16-20-32(6,7)28-34(10,11)30-36(26-5,22-18-19-27-24(25)23(3)4)31-35(12,13)29-33(8,9)21-17-15-2;1-7-8-9-12(5,6)10-11(2,3)4/h3,14-22H2,1-2,4-13H3;7-9H2,1-6H3. The summed E-state index contributed by atoms with van der Waals surface area (Å²) in [5.74, 6) is -0.384. The van der Waals surface area contributed by atoms with Gasteiger partial charge in [0.1, 0.15) is 0 Å². The fourth-order valence-corrected chi connectivity index (χ4v) is 37.8. The largest absolute Gasteiger partial charge is 0.482 e. The van der Waals surface area contributed by atoms with Crippen molar-refractivity contribution in [3.63, 3.8) is 0 Å². The summed E-state index contributed by atoms with van der Waals surface area (Å²) in [5.41, 5.74) is 0.389. The molecule has 0 saturated carbocycles. The number of hydrogen-bond acceptors (Lipinski definition) is 8. The lowest BCUT2D eigenvalue weighted by atomic mass is 10.4. The molecule has 0 radical (unpaired) electrons. The van der Waals surface area contributed by atoms with E-state index in [2.05, 4.69) is 112 Å². The van der Waals surface area contributed by atoms with Crippen molar-refractivity contribution >= 4 is 65.2 Å². The van der Waals surface area contributed by atoms with Crippen molar-refractivity contribution in [2.45, 2.75) is 182 Å². The van der Waals surface area contributed by atoms with Crippen LogP contribution in [0.5, 0.6) is 0 Å². The highest BCUT2D eigenvalue weighted by Crippen LogP contribution is 2.32. The van der Waals surface area contributed by atoms with Gasteiger partial charge in [0, 0.05) is 18.7 Å². The second kappa shape index (κ2) is 22.5. The quantitative estimate of drug-likeness (QED) is 0.0391. The molecular weight excluding hydrogens is 721 g/mol. The van der Waals surface area contributed by atoms with E-state index in [9.17, 15) is 4.79 Å². The molecule has 0 bridgehead atoms. The van der Waals surface area contributed by atoms with Crippen LogP contribution in [0.25, 0.3) is 0 Å². The van der Waals surface area contributed by atoms with Crippen LogP contribution in [0.2, 0.25) is 109 Å². The van der Waals surface area contributed by atoms with Gasteiger partial charge in [-0.1, -0.05) is 65.9 Å². The summed E-state index contributed by atoms with van der Waals surface area (Å²) in [6.07, 6.45) is 7.83. The Bertz CT molecular complexity index is 886. The van der Waals surface area contributed by atoms with Gasteiger partial charge in [0.25, 0.3) is 0 Å². The molecule has 0 saturated heterocycles. The normalized spacial score (nSPS) is 13.6. The van der Waals surface area contributed by atoms with Gasteiger partial charge >= 0.3 is 31.9 Å². The van der Waals surface area contributed by atoms with Gasteiger partial charge in [0.05, 0.1) is 6.61 Å². The molecule has 8 nitrogen and oxygen atoms in total. The summed E-state index contributed by atoms with van der Waals surface area (Å²) in [5, 5.41) is 0. The van der Waals surface area contributed by atoms with Crippen LogP contribution in [-0.4, -0.2) is 78.9 Å². The molecule has 0 amide bonds. The molecule has 0 unspecified atom stereocenters. The Balaban J connectivity index is 0. The van der Waals surface area contributed by atoms with Gasteiger partial charge in [-0.05, 0) is 117 Å². The monoisotopic (exact) mass is 800 g/mol. The Morgan fingerprint density at radius 2 is 0.896 bits per heavy atom. The van der Waals surface area contributed by atoms with Crippen molar-refractivity contribution in [1.29, 1.82) is 0 Å². The first-order valence-corrected chi connectivity index (χ1v) is 38.8. The zero-order valence-electron chi connectivity index (χ0n) is 35.0. The van der Waals surface area contributed by atoms with Crippen LogP contribution in [0.3, 0.4) is 0 Å². The number of unbranched alkanes of at least 4 members (excludes halogenated alkanes) is 3. The fraction of sp³-hybridized carbons (Fsp3) is 0.909. The molecule has 0 fully saturated rings. The van der Waals surface area contributed by atoms with Gasteiger partial charge in [-0.3, -0.25) is 0 Å². The molecule has 0 rings (SSSR count). The number of carbonyl (C=O) groups excluding carboxylic acids is 1. The van der Waals surface area contributed by atoms with Crippen molar-refractivity contribution in [2.75, 3.05) is 13.7 Å². The third-order valence-electron chi connectivity index (χ3n) is 7.35. The van der Waals surface area contributed by atoms with Crippen LogP contribution in [0.4, 0.5) is 0 Å². The first kappa shape index (κ1) is 50.6. The Hall–Kier alpha value is 0.488. The van der Waals surface area contributed by atoms with Gasteiger partial charge in [-0.2, -0.15) is 0 Å². The van der Waals surface area contributed by atoms with Gasteiger partial charge in [0.15, 0.2) is 33.3 Å². The molecule has 0 atom stereocenters. The Kier molecular flexibility index (Phi) is 23.8. The highest BCUT2D eigenvalue weighted by atomic mass is 28.5. The van der Waals surface area contributed by atoms with Crippen LogP contribution in [0.15, 0.2) is 12.2 Å². The molecule has 48 heavy (non-hydrogen) atoms. The van der Waals surface area contributed by atoms with Crippen molar-refractivity contribution in [3.8, 4) is 0 Å². The zero-order valence-corrected chi connectivity index (χ0v) is 42.0. The molecular formula is C33H80O8Si7. The van der Waals surface area contributed by atoms with Gasteiger partial charge in [0.2, 0.25) is 0 Å². The summed E-state index contributed by atoms with van der Waals surface area (Å²) >= 11 is 0. The summed E-state index contributed by atoms with van der Waals surface area (Å²) in [7, 11) is -13.1. The number of ether oxygens (including phenoxy) is 1. The minimum atomic E-state index is -3.20. The number of hydrogen-bond donors (Lipinski definition) is 0. The lowest BCUT2D eigenvalue weighted by molar-refractivity contribution is -0.139. The summed E-state index contributed by atoms with van der Waals surface area (Å²) in [4.78, 5) is 11.9. The minimum absolute atomic E-state index is 0.260. The highest BCUT2D eigenvalue weighted by Gasteiger charge is 2.52. The fourth-order valence-electron chi connectivity index (χ4n) is 5.80. The van der Waals surface area contributed by atoms with Crippen molar-refractivity contribution in [2.24, 2.45) is 0 Å². The molecule has 0 heterocycles. The van der Waals surface area contributed by atoms with E-state index in [1.807, 2.05) is 0 Å². The zero-order chi connectivity index (χ0) is 38.1. The van der Waals surface area contributed by atoms with E-state index in [4.69, 9.17) is 29.7 Å². The van der Waals surface area contributed by atoms with E-state index in [0.29, 0.717) is 18.0 Å². The van der Waals surface area contributed by atoms with Crippen LogP contribution in [0.1, 0.15) is 72.6 Å². The van der Waals surface area contributed by atoms with Crippen LogP contribution >= 0.6 is 0 Å². The molecule has 0 N–H and O–H groups in total. The average molecular weight is 802 g/mol. The van der Waals surface area contributed by atoms with Crippen LogP contribution in [0, 0.1) is 0 Å². The Morgan fingerprint density at radius 1 is 0.542 bits per heavy atom. The molecule has 0 aromatic heterocycles.